The summed E-state index contributed by atoms with van der Waals surface area (Å²) in [5.74, 6) is 0.974. The van der Waals surface area contributed by atoms with Crippen LogP contribution in [0.25, 0.3) is 0 Å². The van der Waals surface area contributed by atoms with Gasteiger partial charge in [0.1, 0.15) is 5.75 Å². The summed E-state index contributed by atoms with van der Waals surface area (Å²) >= 11 is 0. The molecular formula is C18H22N2O. The number of rotatable bonds is 7. The van der Waals surface area contributed by atoms with E-state index in [2.05, 4.69) is 47.6 Å². The van der Waals surface area contributed by atoms with E-state index in [0.717, 1.165) is 18.7 Å². The van der Waals surface area contributed by atoms with Crippen molar-refractivity contribution in [1.29, 1.82) is 0 Å². The molecular weight excluding hydrogens is 260 g/mol. The van der Waals surface area contributed by atoms with Crippen molar-refractivity contribution in [3.8, 4) is 5.75 Å². The first-order chi connectivity index (χ1) is 10.4. The highest BCUT2D eigenvalue weighted by Gasteiger charge is 2.23. The number of pyridine rings is 1. The van der Waals surface area contributed by atoms with Gasteiger partial charge in [-0.25, -0.2) is 0 Å². The van der Waals surface area contributed by atoms with E-state index in [-0.39, 0.29) is 6.04 Å². The van der Waals surface area contributed by atoms with E-state index in [1.165, 1.54) is 24.0 Å². The van der Waals surface area contributed by atoms with Gasteiger partial charge < -0.3 is 10.1 Å². The van der Waals surface area contributed by atoms with Crippen LogP contribution in [0, 0.1) is 0 Å². The molecule has 0 amide bonds. The number of hydrogen-bond acceptors (Lipinski definition) is 3. The maximum atomic E-state index is 5.81. The highest BCUT2D eigenvalue weighted by Crippen LogP contribution is 2.28. The summed E-state index contributed by atoms with van der Waals surface area (Å²) in [6, 6.07) is 12.7. The fraction of sp³-hybridized carbons (Fsp3) is 0.389. The van der Waals surface area contributed by atoms with E-state index >= 15 is 0 Å². The number of aromatic nitrogens is 1. The predicted molar refractivity (Wildman–Crippen MR) is 84.5 cm³/mol. The topological polar surface area (TPSA) is 34.1 Å². The van der Waals surface area contributed by atoms with Gasteiger partial charge in [0.25, 0.3) is 0 Å². The first-order valence-electron chi connectivity index (χ1n) is 7.76. The van der Waals surface area contributed by atoms with E-state index in [1.807, 2.05) is 18.5 Å². The summed E-state index contributed by atoms with van der Waals surface area (Å²) in [5.41, 5.74) is 2.45. The summed E-state index contributed by atoms with van der Waals surface area (Å²) in [5, 5.41) is 3.59. The zero-order valence-corrected chi connectivity index (χ0v) is 12.5. The quantitative estimate of drug-likeness (QED) is 0.840. The minimum absolute atomic E-state index is 0.189. The molecule has 3 nitrogen and oxygen atoms in total. The molecule has 1 heterocycles. The molecule has 1 fully saturated rings. The lowest BCUT2D eigenvalue weighted by atomic mass is 10.00. The standard InChI is InChI=1S/C18H22N2O/c1-2-11-20-18(15-4-3-12-19-13-15)14-5-7-16(8-6-14)21-17-9-10-17/h3-8,12-13,17-18,20H,2,9-11H2,1H3. The Morgan fingerprint density at radius 2 is 2.00 bits per heavy atom. The number of hydrogen-bond donors (Lipinski definition) is 1. The summed E-state index contributed by atoms with van der Waals surface area (Å²) in [6.07, 6.45) is 7.69. The van der Waals surface area contributed by atoms with Crippen LogP contribution in [0.2, 0.25) is 0 Å². The third-order valence-electron chi connectivity index (χ3n) is 3.66. The zero-order chi connectivity index (χ0) is 14.5. The van der Waals surface area contributed by atoms with Crippen LogP contribution in [-0.2, 0) is 0 Å². The molecule has 1 aromatic heterocycles. The van der Waals surface area contributed by atoms with E-state index in [1.54, 1.807) is 0 Å². The van der Waals surface area contributed by atoms with Gasteiger partial charge in [-0.3, -0.25) is 4.98 Å². The molecule has 3 heteroatoms. The predicted octanol–water partition coefficient (Wildman–Crippen LogP) is 3.71. The smallest absolute Gasteiger partial charge is 0.119 e. The third kappa shape index (κ3) is 3.82. The van der Waals surface area contributed by atoms with Crippen molar-refractivity contribution in [2.45, 2.75) is 38.3 Å². The highest BCUT2D eigenvalue weighted by molar-refractivity contribution is 5.34. The fourth-order valence-corrected chi connectivity index (χ4v) is 2.38. The largest absolute Gasteiger partial charge is 0.490 e. The van der Waals surface area contributed by atoms with Gasteiger partial charge in [-0.05, 0) is 55.1 Å². The summed E-state index contributed by atoms with van der Waals surface area (Å²) in [4.78, 5) is 4.24. The van der Waals surface area contributed by atoms with Crippen LogP contribution in [0.5, 0.6) is 5.75 Å². The van der Waals surface area contributed by atoms with Gasteiger partial charge in [0.05, 0.1) is 12.1 Å². The Morgan fingerprint density at radius 1 is 1.19 bits per heavy atom. The van der Waals surface area contributed by atoms with Gasteiger partial charge in [0.15, 0.2) is 0 Å². The summed E-state index contributed by atoms with van der Waals surface area (Å²) < 4.78 is 5.81. The Labute approximate surface area is 126 Å². The van der Waals surface area contributed by atoms with Crippen LogP contribution in [0.15, 0.2) is 48.8 Å². The Morgan fingerprint density at radius 3 is 2.62 bits per heavy atom. The van der Waals surface area contributed by atoms with Gasteiger partial charge in [-0.1, -0.05) is 25.1 Å². The fourth-order valence-electron chi connectivity index (χ4n) is 2.38. The monoisotopic (exact) mass is 282 g/mol. The number of benzene rings is 1. The number of ether oxygens (including phenoxy) is 1. The molecule has 1 aromatic carbocycles. The molecule has 1 aliphatic rings. The van der Waals surface area contributed by atoms with E-state index < -0.39 is 0 Å². The van der Waals surface area contributed by atoms with Crippen molar-refractivity contribution in [3.63, 3.8) is 0 Å². The van der Waals surface area contributed by atoms with Crippen molar-refractivity contribution in [1.82, 2.24) is 10.3 Å². The lowest BCUT2D eigenvalue weighted by Gasteiger charge is -2.19. The molecule has 0 bridgehead atoms. The van der Waals surface area contributed by atoms with Gasteiger partial charge in [0.2, 0.25) is 0 Å². The molecule has 1 atom stereocenters. The molecule has 2 aromatic rings. The van der Waals surface area contributed by atoms with Crippen LogP contribution >= 0.6 is 0 Å². The SMILES string of the molecule is CCCNC(c1ccc(OC2CC2)cc1)c1cccnc1. The lowest BCUT2D eigenvalue weighted by molar-refractivity contribution is 0.303. The van der Waals surface area contributed by atoms with Crippen molar-refractivity contribution >= 4 is 0 Å². The maximum Gasteiger partial charge on any atom is 0.119 e. The lowest BCUT2D eigenvalue weighted by Crippen LogP contribution is -2.23. The number of nitrogens with one attached hydrogen (secondary N) is 1. The summed E-state index contributed by atoms with van der Waals surface area (Å²) in [6.45, 7) is 3.17. The average molecular weight is 282 g/mol. The Bertz CT molecular complexity index is 549. The van der Waals surface area contributed by atoms with E-state index in [0.29, 0.717) is 6.10 Å². The van der Waals surface area contributed by atoms with Crippen LogP contribution in [0.4, 0.5) is 0 Å². The third-order valence-corrected chi connectivity index (χ3v) is 3.66. The zero-order valence-electron chi connectivity index (χ0n) is 12.5. The Balaban J connectivity index is 1.78. The summed E-state index contributed by atoms with van der Waals surface area (Å²) in [7, 11) is 0. The normalized spacial score (nSPS) is 15.7. The minimum Gasteiger partial charge on any atom is -0.490 e. The number of nitrogens with zero attached hydrogens (tertiary/aromatic N) is 1. The Hall–Kier alpha value is -1.87. The molecule has 0 saturated heterocycles. The van der Waals surface area contributed by atoms with E-state index in [9.17, 15) is 0 Å². The molecule has 3 rings (SSSR count). The molecule has 0 aliphatic heterocycles. The maximum absolute atomic E-state index is 5.81. The molecule has 1 aliphatic carbocycles. The van der Waals surface area contributed by atoms with Crippen LogP contribution in [0.3, 0.4) is 0 Å². The van der Waals surface area contributed by atoms with Gasteiger partial charge in [0, 0.05) is 12.4 Å². The van der Waals surface area contributed by atoms with Crippen LogP contribution in [-0.4, -0.2) is 17.6 Å². The highest BCUT2D eigenvalue weighted by atomic mass is 16.5. The average Bonchev–Trinajstić information content (AvgIpc) is 3.34. The van der Waals surface area contributed by atoms with Crippen LogP contribution < -0.4 is 10.1 Å². The molecule has 0 spiro atoms. The molecule has 1 unspecified atom stereocenters. The van der Waals surface area contributed by atoms with Crippen LogP contribution in [0.1, 0.15) is 43.4 Å². The molecule has 1 N–H and O–H groups in total. The first-order valence-corrected chi connectivity index (χ1v) is 7.76. The van der Waals surface area contributed by atoms with E-state index in [4.69, 9.17) is 4.74 Å². The molecule has 1 saturated carbocycles. The van der Waals surface area contributed by atoms with Crippen molar-refractivity contribution < 1.29 is 4.74 Å². The molecule has 110 valence electrons. The minimum atomic E-state index is 0.189. The first kappa shape index (κ1) is 14.1. The molecule has 21 heavy (non-hydrogen) atoms. The van der Waals surface area contributed by atoms with Crippen molar-refractivity contribution in [3.05, 3.63) is 59.9 Å². The second-order valence-corrected chi connectivity index (χ2v) is 5.56. The Kier molecular flexibility index (Phi) is 4.51. The van der Waals surface area contributed by atoms with Crippen molar-refractivity contribution in [2.24, 2.45) is 0 Å². The second-order valence-electron chi connectivity index (χ2n) is 5.56. The second kappa shape index (κ2) is 6.72. The molecule has 0 radical (unpaired) electrons. The van der Waals surface area contributed by atoms with Gasteiger partial charge >= 0.3 is 0 Å². The van der Waals surface area contributed by atoms with Gasteiger partial charge in [-0.2, -0.15) is 0 Å². The van der Waals surface area contributed by atoms with Gasteiger partial charge in [-0.15, -0.1) is 0 Å². The van der Waals surface area contributed by atoms with Crippen molar-refractivity contribution in [2.75, 3.05) is 6.54 Å².